The van der Waals surface area contributed by atoms with Crippen molar-refractivity contribution in [2.75, 3.05) is 20.1 Å². The van der Waals surface area contributed by atoms with Gasteiger partial charge < -0.3 is 10.6 Å². The number of hydrogen-bond donors (Lipinski definition) is 2. The first-order valence-corrected chi connectivity index (χ1v) is 8.17. The number of rotatable bonds is 3. The Morgan fingerprint density at radius 1 is 1.36 bits per heavy atom. The molecule has 0 aliphatic carbocycles. The minimum Gasteiger partial charge on any atom is -0.393 e. The topological polar surface area (TPSA) is 24.1 Å². The van der Waals surface area contributed by atoms with Crippen molar-refractivity contribution in [2.24, 2.45) is 0 Å². The lowest BCUT2D eigenvalue weighted by molar-refractivity contribution is 0.452. The lowest BCUT2D eigenvalue weighted by Gasteiger charge is -2.39. The molecule has 3 heteroatoms. The van der Waals surface area contributed by atoms with Crippen molar-refractivity contribution < 1.29 is 0 Å². The molecule has 1 atom stereocenters. The monoisotopic (exact) mass is 291 g/mol. The van der Waals surface area contributed by atoms with Crippen molar-refractivity contribution in [2.45, 2.75) is 25.1 Å². The zero-order valence-corrected chi connectivity index (χ0v) is 13.5. The van der Waals surface area contributed by atoms with Crippen LogP contribution in [-0.4, -0.2) is 27.4 Å². The van der Waals surface area contributed by atoms with Crippen LogP contribution in [0.2, 0.25) is 5.31 Å². The summed E-state index contributed by atoms with van der Waals surface area (Å²) in [5.41, 5.74) is 5.28. The molecule has 1 radical (unpaired) electrons. The highest BCUT2D eigenvalue weighted by Crippen LogP contribution is 2.42. The third-order valence-electron chi connectivity index (χ3n) is 4.53. The molecule has 2 heterocycles. The summed E-state index contributed by atoms with van der Waals surface area (Å²) in [4.78, 5) is 0. The van der Waals surface area contributed by atoms with E-state index >= 15 is 0 Å². The van der Waals surface area contributed by atoms with Gasteiger partial charge in [0.05, 0.1) is 0 Å². The minimum absolute atomic E-state index is 0.149. The van der Waals surface area contributed by atoms with E-state index < -0.39 is 0 Å². The van der Waals surface area contributed by atoms with Gasteiger partial charge in [-0.1, -0.05) is 48.0 Å². The molecule has 2 aliphatic rings. The molecular weight excluding hydrogens is 267 g/mol. The van der Waals surface area contributed by atoms with E-state index in [1.807, 2.05) is 7.05 Å². The quantitative estimate of drug-likeness (QED) is 0.661. The molecule has 2 nitrogen and oxygen atoms in total. The van der Waals surface area contributed by atoms with E-state index in [4.69, 9.17) is 0 Å². The predicted octanol–water partition coefficient (Wildman–Crippen LogP) is 2.63. The SMILES string of the molecule is C/C=C\C(=C/NC)C1=CC2([B]c3ccccc31)CCCNC2. The molecule has 0 aromatic heterocycles. The minimum atomic E-state index is 0.149. The van der Waals surface area contributed by atoms with Crippen molar-refractivity contribution in [3.05, 3.63) is 59.8 Å². The van der Waals surface area contributed by atoms with E-state index in [0.29, 0.717) is 0 Å². The average Bonchev–Trinajstić information content (AvgIpc) is 2.55. The smallest absolute Gasteiger partial charge is 0.166 e. The zero-order valence-electron chi connectivity index (χ0n) is 13.5. The van der Waals surface area contributed by atoms with E-state index in [2.05, 4.69) is 73.5 Å². The fourth-order valence-corrected chi connectivity index (χ4v) is 3.57. The van der Waals surface area contributed by atoms with Crippen molar-refractivity contribution >= 4 is 18.3 Å². The predicted molar refractivity (Wildman–Crippen MR) is 96.6 cm³/mol. The van der Waals surface area contributed by atoms with Crippen LogP contribution in [0.4, 0.5) is 0 Å². The van der Waals surface area contributed by atoms with Crippen LogP contribution in [0.25, 0.3) is 5.57 Å². The number of nitrogens with one attached hydrogen (secondary N) is 2. The molecule has 3 rings (SSSR count). The fraction of sp³-hybridized carbons (Fsp3) is 0.368. The van der Waals surface area contributed by atoms with Gasteiger partial charge >= 0.3 is 0 Å². The highest BCUT2D eigenvalue weighted by atomic mass is 14.9. The largest absolute Gasteiger partial charge is 0.393 e. The lowest BCUT2D eigenvalue weighted by atomic mass is 9.42. The molecule has 0 bridgehead atoms. The van der Waals surface area contributed by atoms with Gasteiger partial charge in [0.25, 0.3) is 0 Å². The normalized spacial score (nSPS) is 24.8. The Labute approximate surface area is 134 Å². The lowest BCUT2D eigenvalue weighted by Crippen LogP contribution is -2.44. The third-order valence-corrected chi connectivity index (χ3v) is 4.53. The number of piperidine rings is 1. The summed E-state index contributed by atoms with van der Waals surface area (Å²) in [6.07, 6.45) is 11.3. The Hall–Kier alpha value is -1.74. The molecule has 2 N–H and O–H groups in total. The van der Waals surface area contributed by atoms with Crippen molar-refractivity contribution in [1.82, 2.24) is 10.6 Å². The summed E-state index contributed by atoms with van der Waals surface area (Å²) in [7, 11) is 4.42. The Balaban J connectivity index is 2.11. The second-order valence-electron chi connectivity index (χ2n) is 6.19. The van der Waals surface area contributed by atoms with Gasteiger partial charge in [0.15, 0.2) is 7.28 Å². The fourth-order valence-electron chi connectivity index (χ4n) is 3.57. The van der Waals surface area contributed by atoms with Gasteiger partial charge in [0.2, 0.25) is 0 Å². The van der Waals surface area contributed by atoms with Crippen LogP contribution in [0, 0.1) is 0 Å². The average molecular weight is 291 g/mol. The van der Waals surface area contributed by atoms with Crippen molar-refractivity contribution in [1.29, 1.82) is 0 Å². The van der Waals surface area contributed by atoms with Gasteiger partial charge in [-0.25, -0.2) is 0 Å². The first-order valence-electron chi connectivity index (χ1n) is 8.17. The maximum atomic E-state index is 3.57. The van der Waals surface area contributed by atoms with Crippen LogP contribution in [0.1, 0.15) is 25.3 Å². The van der Waals surface area contributed by atoms with Gasteiger partial charge in [-0.3, -0.25) is 0 Å². The number of allylic oxidation sites excluding steroid dienone is 4. The number of hydrogen-bond acceptors (Lipinski definition) is 2. The summed E-state index contributed by atoms with van der Waals surface area (Å²) >= 11 is 0. The van der Waals surface area contributed by atoms with Gasteiger partial charge in [0.1, 0.15) is 0 Å². The molecule has 1 saturated heterocycles. The first kappa shape index (κ1) is 15.2. The van der Waals surface area contributed by atoms with Crippen molar-refractivity contribution in [3.8, 4) is 0 Å². The van der Waals surface area contributed by atoms with Gasteiger partial charge in [-0.2, -0.15) is 0 Å². The van der Waals surface area contributed by atoms with Crippen LogP contribution in [-0.2, 0) is 0 Å². The number of benzene rings is 1. The molecule has 113 valence electrons. The van der Waals surface area contributed by atoms with Crippen molar-refractivity contribution in [3.63, 3.8) is 0 Å². The molecule has 1 fully saturated rings. The highest BCUT2D eigenvalue weighted by Gasteiger charge is 2.36. The standard InChI is InChI=1S/C19H24BN2/c1-3-7-15(13-21-2)17-12-19(10-6-11-22-14-19)20-18-9-5-4-8-16(17)18/h3-5,7-9,12-13,21-22H,6,10-11,14H2,1-2H3/b7-3-,15-13+. The van der Waals surface area contributed by atoms with Crippen LogP contribution in [0.15, 0.2) is 54.3 Å². The second kappa shape index (κ2) is 6.57. The van der Waals surface area contributed by atoms with E-state index in [1.54, 1.807) is 0 Å². The molecule has 2 aliphatic heterocycles. The first-order chi connectivity index (χ1) is 10.8. The second-order valence-corrected chi connectivity index (χ2v) is 6.19. The number of fused-ring (bicyclic) bond motifs is 1. The molecule has 1 spiro atoms. The van der Waals surface area contributed by atoms with E-state index in [1.165, 1.54) is 35.0 Å². The Bertz CT molecular complexity index is 622. The highest BCUT2D eigenvalue weighted by molar-refractivity contribution is 6.60. The molecule has 1 aromatic carbocycles. The molecule has 22 heavy (non-hydrogen) atoms. The van der Waals surface area contributed by atoms with Crippen LogP contribution in [0.5, 0.6) is 0 Å². The van der Waals surface area contributed by atoms with E-state index in [-0.39, 0.29) is 5.31 Å². The molecular formula is C19H24BN2. The molecule has 0 amide bonds. The van der Waals surface area contributed by atoms with Gasteiger partial charge in [-0.15, -0.1) is 0 Å². The Morgan fingerprint density at radius 3 is 2.95 bits per heavy atom. The molecule has 0 saturated carbocycles. The zero-order chi connectivity index (χ0) is 15.4. The summed E-state index contributed by atoms with van der Waals surface area (Å²) < 4.78 is 0. The van der Waals surface area contributed by atoms with Crippen LogP contribution < -0.4 is 16.1 Å². The summed E-state index contributed by atoms with van der Waals surface area (Å²) in [6, 6.07) is 8.74. The van der Waals surface area contributed by atoms with Gasteiger partial charge in [-0.05, 0) is 54.9 Å². The maximum Gasteiger partial charge on any atom is 0.166 e. The summed E-state index contributed by atoms with van der Waals surface area (Å²) in [5.74, 6) is 0. The molecule has 1 aromatic rings. The Kier molecular flexibility index (Phi) is 4.53. The van der Waals surface area contributed by atoms with Gasteiger partial charge in [0, 0.05) is 13.2 Å². The van der Waals surface area contributed by atoms with E-state index in [9.17, 15) is 0 Å². The summed E-state index contributed by atoms with van der Waals surface area (Å²) in [6.45, 7) is 4.24. The van der Waals surface area contributed by atoms with Crippen LogP contribution in [0.3, 0.4) is 0 Å². The maximum absolute atomic E-state index is 3.57. The third kappa shape index (κ3) is 2.91. The Morgan fingerprint density at radius 2 is 2.23 bits per heavy atom. The molecule has 1 unspecified atom stereocenters. The van der Waals surface area contributed by atoms with Crippen LogP contribution >= 0.6 is 0 Å². The summed E-state index contributed by atoms with van der Waals surface area (Å²) in [5, 5.41) is 6.91. The van der Waals surface area contributed by atoms with E-state index in [0.717, 1.165) is 13.1 Å².